The van der Waals surface area contributed by atoms with Gasteiger partial charge in [0.2, 0.25) is 0 Å². The first kappa shape index (κ1) is 33.4. The second-order valence-corrected chi connectivity index (χ2v) is 13.3. The van der Waals surface area contributed by atoms with Gasteiger partial charge < -0.3 is 22.7 Å². The molecule has 0 heterocycles. The molecule has 204 valence electrons. The molecule has 5 nitrogen and oxygen atoms in total. The second kappa shape index (κ2) is 16.9. The minimum Gasteiger partial charge on any atom is -0.496 e. The van der Waals surface area contributed by atoms with Gasteiger partial charge in [-0.15, -0.1) is 0 Å². The van der Waals surface area contributed by atoms with Gasteiger partial charge in [0.05, 0.1) is 108 Å². The number of ether oxygens (including phenoxy) is 1. The van der Waals surface area contributed by atoms with Crippen LogP contribution in [0.15, 0.2) is 12.8 Å². The molecule has 0 aliphatic rings. The third-order valence-corrected chi connectivity index (χ3v) is 7.87. The van der Waals surface area contributed by atoms with Crippen LogP contribution < -0.4 is 0 Å². The van der Waals surface area contributed by atoms with E-state index < -0.39 is 0 Å². The van der Waals surface area contributed by atoms with Crippen molar-refractivity contribution < 1.29 is 22.7 Å². The van der Waals surface area contributed by atoms with E-state index in [1.165, 1.54) is 117 Å². The molecular weight excluding hydrogens is 420 g/mol. The molecule has 0 aromatic rings. The predicted molar refractivity (Wildman–Crippen MR) is 151 cm³/mol. The Morgan fingerprint density at radius 3 is 1.15 bits per heavy atom. The van der Waals surface area contributed by atoms with Crippen LogP contribution in [0.4, 0.5) is 0 Å². The number of likely N-dealkylation sites (N-methyl/N-ethyl adjacent to an activating group) is 1. The summed E-state index contributed by atoms with van der Waals surface area (Å²) in [5, 5.41) is 0. The summed E-state index contributed by atoms with van der Waals surface area (Å²) in [5.74, 6) is 0. The predicted octanol–water partition coefficient (Wildman–Crippen LogP) is 4.98. The first-order chi connectivity index (χ1) is 15.7. The lowest BCUT2D eigenvalue weighted by atomic mass is 10.1. The molecule has 5 heteroatoms. The van der Waals surface area contributed by atoms with Crippen LogP contribution >= 0.6 is 0 Å². The van der Waals surface area contributed by atoms with Crippen LogP contribution in [0.1, 0.15) is 64.7 Å². The van der Waals surface area contributed by atoms with Gasteiger partial charge in [-0.25, -0.2) is 0 Å². The summed E-state index contributed by atoms with van der Waals surface area (Å²) in [6.07, 6.45) is 13.8. The van der Waals surface area contributed by atoms with Crippen molar-refractivity contribution in [3.63, 3.8) is 0 Å². The van der Waals surface area contributed by atoms with Crippen LogP contribution in [0.25, 0.3) is 0 Å². The number of quaternary nitrogens is 4. The minimum atomic E-state index is 0.772. The normalized spacial score (nSPS) is 13.3. The molecule has 0 saturated heterocycles. The highest BCUT2D eigenvalue weighted by molar-refractivity contribution is 4.50. The van der Waals surface area contributed by atoms with Gasteiger partial charge in [-0.3, -0.25) is 0 Å². The molecule has 0 aliphatic heterocycles. The monoisotopic (exact) mass is 487 g/mol. The lowest BCUT2D eigenvalue weighted by molar-refractivity contribution is -0.909. The van der Waals surface area contributed by atoms with Gasteiger partial charge in [0, 0.05) is 6.42 Å². The fourth-order valence-electron chi connectivity index (χ4n) is 4.67. The molecule has 0 amide bonds. The first-order valence-corrected chi connectivity index (χ1v) is 14.2. The molecule has 0 atom stereocenters. The Bertz CT molecular complexity index is 514. The molecule has 0 aromatic heterocycles. The zero-order valence-corrected chi connectivity index (χ0v) is 25.2. The molecule has 0 N–H and O–H groups in total. The molecule has 0 fully saturated rings. The Morgan fingerprint density at radius 2 is 0.794 bits per heavy atom. The molecule has 0 aliphatic carbocycles. The number of hydrogen-bond donors (Lipinski definition) is 0. The third-order valence-electron chi connectivity index (χ3n) is 7.87. The molecule has 0 aromatic carbocycles. The van der Waals surface area contributed by atoms with Crippen molar-refractivity contribution in [2.45, 2.75) is 64.7 Å². The maximum Gasteiger partial charge on any atom is 0.136 e. The molecule has 0 saturated carbocycles. The summed E-state index contributed by atoms with van der Waals surface area (Å²) in [6, 6.07) is 0. The molecule has 0 unspecified atom stereocenters. The number of rotatable bonds is 23. The van der Waals surface area contributed by atoms with Gasteiger partial charge >= 0.3 is 0 Å². The molecule has 34 heavy (non-hydrogen) atoms. The fraction of sp³-hybridized carbons (Fsp3) is 0.931. The Hall–Kier alpha value is -0.620. The van der Waals surface area contributed by atoms with E-state index in [1.54, 1.807) is 6.26 Å². The number of nitrogens with zero attached hydrogens (tertiary/aromatic N) is 4. The van der Waals surface area contributed by atoms with Crippen LogP contribution in [-0.2, 0) is 4.74 Å². The summed E-state index contributed by atoms with van der Waals surface area (Å²) in [5.41, 5.74) is 0. The van der Waals surface area contributed by atoms with Gasteiger partial charge in [-0.2, -0.15) is 0 Å². The summed E-state index contributed by atoms with van der Waals surface area (Å²) in [7, 11) is 19.0. The smallest absolute Gasteiger partial charge is 0.136 e. The quantitative estimate of drug-likeness (QED) is 0.112. The molecule has 0 rings (SSSR count). The van der Waals surface area contributed by atoms with Crippen molar-refractivity contribution in [1.29, 1.82) is 0 Å². The third kappa shape index (κ3) is 19.7. The van der Waals surface area contributed by atoms with Gasteiger partial charge in [-0.1, -0.05) is 6.58 Å². The highest BCUT2D eigenvalue weighted by Crippen LogP contribution is 2.12. The van der Waals surface area contributed by atoms with Crippen LogP contribution in [0.2, 0.25) is 0 Å². The van der Waals surface area contributed by atoms with E-state index in [0.29, 0.717) is 0 Å². The van der Waals surface area contributed by atoms with E-state index in [2.05, 4.69) is 69.9 Å². The van der Waals surface area contributed by atoms with Crippen molar-refractivity contribution >= 4 is 0 Å². The van der Waals surface area contributed by atoms with Crippen molar-refractivity contribution in [2.24, 2.45) is 0 Å². The van der Waals surface area contributed by atoms with E-state index in [4.69, 9.17) is 4.74 Å². The largest absolute Gasteiger partial charge is 0.496 e. The topological polar surface area (TPSA) is 9.23 Å². The highest BCUT2D eigenvalue weighted by atomic mass is 16.5. The molecule has 0 spiro atoms. The Balaban J connectivity index is 3.87. The average Bonchev–Trinajstić information content (AvgIpc) is 2.72. The van der Waals surface area contributed by atoms with Gasteiger partial charge in [0.25, 0.3) is 0 Å². The van der Waals surface area contributed by atoms with Gasteiger partial charge in [0.1, 0.15) is 13.2 Å². The van der Waals surface area contributed by atoms with Crippen molar-refractivity contribution in [3.8, 4) is 0 Å². The lowest BCUT2D eigenvalue weighted by Gasteiger charge is -2.34. The van der Waals surface area contributed by atoms with E-state index in [-0.39, 0.29) is 0 Å². The maximum atomic E-state index is 5.30. The van der Waals surface area contributed by atoms with Crippen LogP contribution in [0.5, 0.6) is 0 Å². The standard InChI is InChI=1S/C29H66N4O/c1-11-30(3,4)22-17-13-14-18-23-31(5,6)26-21-27-32(7,8)24-19-15-16-20-25-33(9,10)28-29-34-12-2/h12H,2,11,13-29H2,1,3-10H3/q+4. The molecule has 0 radical (unpaired) electrons. The molecule has 0 bridgehead atoms. The summed E-state index contributed by atoms with van der Waals surface area (Å²) in [6.45, 7) is 16.8. The van der Waals surface area contributed by atoms with Crippen LogP contribution in [-0.4, -0.2) is 133 Å². The zero-order valence-electron chi connectivity index (χ0n) is 25.2. The van der Waals surface area contributed by atoms with Gasteiger partial charge in [0.15, 0.2) is 0 Å². The highest BCUT2D eigenvalue weighted by Gasteiger charge is 2.20. The summed E-state index contributed by atoms with van der Waals surface area (Å²) >= 11 is 0. The van der Waals surface area contributed by atoms with Crippen LogP contribution in [0, 0.1) is 0 Å². The fourth-order valence-corrected chi connectivity index (χ4v) is 4.67. The lowest BCUT2D eigenvalue weighted by Crippen LogP contribution is -2.46. The zero-order chi connectivity index (χ0) is 26.1. The van der Waals surface area contributed by atoms with Gasteiger partial charge in [-0.05, 0) is 58.3 Å². The average molecular weight is 487 g/mol. The van der Waals surface area contributed by atoms with E-state index in [9.17, 15) is 0 Å². The van der Waals surface area contributed by atoms with Crippen LogP contribution in [0.3, 0.4) is 0 Å². The van der Waals surface area contributed by atoms with Crippen molar-refractivity contribution in [1.82, 2.24) is 0 Å². The maximum absolute atomic E-state index is 5.30. The minimum absolute atomic E-state index is 0.772. The van der Waals surface area contributed by atoms with Crippen molar-refractivity contribution in [2.75, 3.05) is 115 Å². The number of hydrogen-bond acceptors (Lipinski definition) is 1. The Kier molecular flexibility index (Phi) is 16.6. The Labute approximate surface area is 215 Å². The number of unbranched alkanes of at least 4 members (excludes halogenated alkanes) is 6. The van der Waals surface area contributed by atoms with E-state index >= 15 is 0 Å². The van der Waals surface area contributed by atoms with E-state index in [1.807, 2.05) is 0 Å². The summed E-state index contributed by atoms with van der Waals surface area (Å²) in [4.78, 5) is 0. The Morgan fingerprint density at radius 1 is 0.471 bits per heavy atom. The van der Waals surface area contributed by atoms with E-state index in [0.717, 1.165) is 17.6 Å². The summed E-state index contributed by atoms with van der Waals surface area (Å²) < 4.78 is 9.86. The first-order valence-electron chi connectivity index (χ1n) is 14.2. The van der Waals surface area contributed by atoms with Crippen molar-refractivity contribution in [3.05, 3.63) is 12.8 Å². The molecular formula is C29H66N4O+4. The second-order valence-electron chi connectivity index (χ2n) is 13.3. The SMILES string of the molecule is C=COCC[N+](C)(C)CCCCCC[N+](C)(C)CCC[N+](C)(C)CCCCCC[N+](C)(C)CC.